The highest BCUT2D eigenvalue weighted by Gasteiger charge is 2.20. The molecule has 2 nitrogen and oxygen atoms in total. The minimum Gasteiger partial charge on any atom is -0.370 e. The quantitative estimate of drug-likeness (QED) is 0.903. The third kappa shape index (κ3) is 3.87. The second-order valence-electron chi connectivity index (χ2n) is 5.87. The summed E-state index contributed by atoms with van der Waals surface area (Å²) in [5.41, 5.74) is 8.21. The Labute approximate surface area is 121 Å². The number of benzene rings is 1. The molecule has 1 unspecified atom stereocenters. The number of nitrogens with two attached hydrogens (primary N) is 1. The SMILES string of the molecule is CC(N)Cc1ccc(N(C)C2CCCCC2)c(Cl)c1. The van der Waals surface area contributed by atoms with Crippen molar-refractivity contribution < 1.29 is 0 Å². The van der Waals surface area contributed by atoms with Crippen LogP contribution in [0.3, 0.4) is 0 Å². The first-order valence-corrected chi connectivity index (χ1v) is 7.72. The molecule has 0 bridgehead atoms. The lowest BCUT2D eigenvalue weighted by Crippen LogP contribution is -2.33. The van der Waals surface area contributed by atoms with Gasteiger partial charge in [0.1, 0.15) is 0 Å². The van der Waals surface area contributed by atoms with Gasteiger partial charge in [-0.05, 0) is 43.9 Å². The third-order valence-corrected chi connectivity index (χ3v) is 4.37. The Hall–Kier alpha value is -0.730. The Morgan fingerprint density at radius 3 is 2.58 bits per heavy atom. The molecule has 1 aromatic carbocycles. The minimum absolute atomic E-state index is 0.179. The maximum absolute atomic E-state index is 6.44. The largest absolute Gasteiger partial charge is 0.370 e. The monoisotopic (exact) mass is 280 g/mol. The van der Waals surface area contributed by atoms with Gasteiger partial charge in [-0.15, -0.1) is 0 Å². The predicted octanol–water partition coefficient (Wildman–Crippen LogP) is 4.00. The van der Waals surface area contributed by atoms with Crippen LogP contribution in [0.4, 0.5) is 5.69 Å². The van der Waals surface area contributed by atoms with Crippen molar-refractivity contribution in [3.8, 4) is 0 Å². The van der Waals surface area contributed by atoms with Crippen molar-refractivity contribution in [2.45, 2.75) is 57.5 Å². The van der Waals surface area contributed by atoms with Gasteiger partial charge >= 0.3 is 0 Å². The topological polar surface area (TPSA) is 29.3 Å². The summed E-state index contributed by atoms with van der Waals surface area (Å²) in [5, 5.41) is 0.853. The first-order chi connectivity index (χ1) is 9.08. The zero-order chi connectivity index (χ0) is 13.8. The second kappa shape index (κ2) is 6.62. The Kier molecular flexibility index (Phi) is 5.12. The van der Waals surface area contributed by atoms with E-state index < -0.39 is 0 Å². The Morgan fingerprint density at radius 2 is 2.00 bits per heavy atom. The highest BCUT2D eigenvalue weighted by molar-refractivity contribution is 6.33. The van der Waals surface area contributed by atoms with Gasteiger partial charge in [0, 0.05) is 19.1 Å². The molecule has 0 spiro atoms. The van der Waals surface area contributed by atoms with Crippen LogP contribution in [-0.2, 0) is 6.42 Å². The van der Waals surface area contributed by atoms with Crippen LogP contribution in [0.2, 0.25) is 5.02 Å². The zero-order valence-corrected chi connectivity index (χ0v) is 12.8. The molecule has 0 amide bonds. The number of anilines is 1. The van der Waals surface area contributed by atoms with Crippen LogP contribution < -0.4 is 10.6 Å². The summed E-state index contributed by atoms with van der Waals surface area (Å²) in [5.74, 6) is 0. The van der Waals surface area contributed by atoms with Crippen LogP contribution in [0, 0.1) is 0 Å². The third-order valence-electron chi connectivity index (χ3n) is 4.07. The standard InChI is InChI=1S/C16H25ClN2/c1-12(18)10-13-8-9-16(15(17)11-13)19(2)14-6-4-3-5-7-14/h8-9,11-12,14H,3-7,10,18H2,1-2H3. The normalized spacial score (nSPS) is 18.3. The molecule has 0 heterocycles. The van der Waals surface area contributed by atoms with E-state index in [0.717, 1.165) is 17.1 Å². The number of halogens is 1. The van der Waals surface area contributed by atoms with Crippen molar-refractivity contribution >= 4 is 17.3 Å². The number of nitrogens with zero attached hydrogens (tertiary/aromatic N) is 1. The summed E-state index contributed by atoms with van der Waals surface area (Å²) >= 11 is 6.44. The molecule has 1 aromatic rings. The van der Waals surface area contributed by atoms with E-state index in [4.69, 9.17) is 17.3 Å². The molecule has 0 aromatic heterocycles. The average molecular weight is 281 g/mol. The number of hydrogen-bond acceptors (Lipinski definition) is 2. The van der Waals surface area contributed by atoms with Gasteiger partial charge in [-0.25, -0.2) is 0 Å². The number of rotatable bonds is 4. The maximum atomic E-state index is 6.44. The maximum Gasteiger partial charge on any atom is 0.0642 e. The molecule has 1 saturated carbocycles. The van der Waals surface area contributed by atoms with E-state index in [1.165, 1.54) is 37.7 Å². The summed E-state index contributed by atoms with van der Waals surface area (Å²) in [7, 11) is 2.17. The van der Waals surface area contributed by atoms with Crippen LogP contribution in [0.5, 0.6) is 0 Å². The van der Waals surface area contributed by atoms with Crippen LogP contribution in [0.25, 0.3) is 0 Å². The lowest BCUT2D eigenvalue weighted by molar-refractivity contribution is 0.427. The lowest BCUT2D eigenvalue weighted by atomic mass is 9.94. The van der Waals surface area contributed by atoms with Gasteiger partial charge in [0.15, 0.2) is 0 Å². The molecule has 1 atom stereocenters. The molecule has 1 aliphatic carbocycles. The van der Waals surface area contributed by atoms with Crippen molar-refractivity contribution in [1.82, 2.24) is 0 Å². The first-order valence-electron chi connectivity index (χ1n) is 7.35. The molecule has 2 rings (SSSR count). The highest BCUT2D eigenvalue weighted by Crippen LogP contribution is 2.31. The summed E-state index contributed by atoms with van der Waals surface area (Å²) in [6.45, 7) is 2.02. The molecule has 0 aliphatic heterocycles. The predicted molar refractivity (Wildman–Crippen MR) is 84.1 cm³/mol. The van der Waals surface area contributed by atoms with Gasteiger partial charge in [0.05, 0.1) is 10.7 Å². The fourth-order valence-corrected chi connectivity index (χ4v) is 3.34. The van der Waals surface area contributed by atoms with Crippen LogP contribution in [0.1, 0.15) is 44.6 Å². The molecule has 106 valence electrons. The van der Waals surface area contributed by atoms with Crippen molar-refractivity contribution in [3.05, 3.63) is 28.8 Å². The average Bonchev–Trinajstić information content (AvgIpc) is 2.38. The highest BCUT2D eigenvalue weighted by atomic mass is 35.5. The van der Waals surface area contributed by atoms with Crippen LogP contribution in [0.15, 0.2) is 18.2 Å². The van der Waals surface area contributed by atoms with Crippen molar-refractivity contribution in [2.75, 3.05) is 11.9 Å². The Morgan fingerprint density at radius 1 is 1.32 bits per heavy atom. The molecule has 3 heteroatoms. The fourth-order valence-electron chi connectivity index (χ4n) is 3.00. The fraction of sp³-hybridized carbons (Fsp3) is 0.625. The van der Waals surface area contributed by atoms with Crippen molar-refractivity contribution in [2.24, 2.45) is 5.73 Å². The van der Waals surface area contributed by atoms with E-state index >= 15 is 0 Å². The van der Waals surface area contributed by atoms with Crippen LogP contribution in [-0.4, -0.2) is 19.1 Å². The summed E-state index contributed by atoms with van der Waals surface area (Å²) in [6, 6.07) is 7.20. The summed E-state index contributed by atoms with van der Waals surface area (Å²) in [4.78, 5) is 2.36. The minimum atomic E-state index is 0.179. The van der Waals surface area contributed by atoms with Gasteiger partial charge in [-0.2, -0.15) is 0 Å². The molecule has 1 aliphatic rings. The molecule has 0 radical (unpaired) electrons. The second-order valence-corrected chi connectivity index (χ2v) is 6.28. The molecular weight excluding hydrogens is 256 g/mol. The van der Waals surface area contributed by atoms with E-state index in [9.17, 15) is 0 Å². The smallest absolute Gasteiger partial charge is 0.0642 e. The lowest BCUT2D eigenvalue weighted by Gasteiger charge is -2.33. The van der Waals surface area contributed by atoms with Gasteiger partial charge in [-0.1, -0.05) is 36.9 Å². The van der Waals surface area contributed by atoms with E-state index in [-0.39, 0.29) is 6.04 Å². The Bertz CT molecular complexity index is 411. The first kappa shape index (κ1) is 14.7. The molecular formula is C16H25ClN2. The van der Waals surface area contributed by atoms with Gasteiger partial charge in [0.2, 0.25) is 0 Å². The van der Waals surface area contributed by atoms with E-state index in [1.54, 1.807) is 0 Å². The van der Waals surface area contributed by atoms with Crippen molar-refractivity contribution in [3.63, 3.8) is 0 Å². The van der Waals surface area contributed by atoms with Crippen molar-refractivity contribution in [1.29, 1.82) is 0 Å². The molecule has 2 N–H and O–H groups in total. The van der Waals surface area contributed by atoms with Gasteiger partial charge < -0.3 is 10.6 Å². The summed E-state index contributed by atoms with van der Waals surface area (Å²) < 4.78 is 0. The van der Waals surface area contributed by atoms with Gasteiger partial charge in [0.25, 0.3) is 0 Å². The van der Waals surface area contributed by atoms with E-state index in [2.05, 4.69) is 30.1 Å². The molecule has 1 fully saturated rings. The zero-order valence-electron chi connectivity index (χ0n) is 12.0. The number of hydrogen-bond donors (Lipinski definition) is 1. The van der Waals surface area contributed by atoms with Gasteiger partial charge in [-0.3, -0.25) is 0 Å². The van der Waals surface area contributed by atoms with Crippen LogP contribution >= 0.6 is 11.6 Å². The van der Waals surface area contributed by atoms with E-state index in [1.807, 2.05) is 6.92 Å². The molecule has 0 saturated heterocycles. The molecule has 19 heavy (non-hydrogen) atoms. The summed E-state index contributed by atoms with van der Waals surface area (Å²) in [6.07, 6.45) is 7.52. The Balaban J connectivity index is 2.10. The van der Waals surface area contributed by atoms with E-state index in [0.29, 0.717) is 6.04 Å².